The van der Waals surface area contributed by atoms with Crippen molar-refractivity contribution < 1.29 is 4.74 Å². The molecule has 0 amide bonds. The lowest BCUT2D eigenvalue weighted by Gasteiger charge is -2.24. The van der Waals surface area contributed by atoms with Gasteiger partial charge < -0.3 is 10.5 Å². The molecule has 0 aliphatic carbocycles. The fraction of sp³-hybridized carbons (Fsp3) is 1.00. The SMILES string of the molecule is CC.CC1CCOCC1N. The normalized spacial score (nSPS) is 32.4. The van der Waals surface area contributed by atoms with E-state index in [1.54, 1.807) is 0 Å². The molecule has 2 heteroatoms. The molecule has 2 atom stereocenters. The number of nitrogens with two attached hydrogens (primary N) is 1. The lowest BCUT2D eigenvalue weighted by atomic mass is 9.98. The molecular formula is C8H19NO. The summed E-state index contributed by atoms with van der Waals surface area (Å²) in [7, 11) is 0. The van der Waals surface area contributed by atoms with Crippen LogP contribution in [0, 0.1) is 5.92 Å². The van der Waals surface area contributed by atoms with E-state index in [0.29, 0.717) is 5.92 Å². The van der Waals surface area contributed by atoms with Crippen LogP contribution < -0.4 is 5.73 Å². The van der Waals surface area contributed by atoms with Crippen LogP contribution >= 0.6 is 0 Å². The zero-order valence-corrected chi connectivity index (χ0v) is 7.26. The number of ether oxygens (including phenoxy) is 1. The fourth-order valence-electron chi connectivity index (χ4n) is 0.867. The molecule has 1 aliphatic rings. The molecule has 0 spiro atoms. The maximum atomic E-state index is 5.65. The van der Waals surface area contributed by atoms with Crippen LogP contribution in [-0.2, 0) is 4.74 Å². The fourth-order valence-corrected chi connectivity index (χ4v) is 0.867. The van der Waals surface area contributed by atoms with E-state index in [2.05, 4.69) is 6.92 Å². The van der Waals surface area contributed by atoms with Crippen LogP contribution in [0.2, 0.25) is 0 Å². The largest absolute Gasteiger partial charge is 0.380 e. The van der Waals surface area contributed by atoms with Crippen LogP contribution in [0.3, 0.4) is 0 Å². The lowest BCUT2D eigenvalue weighted by molar-refractivity contribution is 0.0546. The van der Waals surface area contributed by atoms with Gasteiger partial charge in [0, 0.05) is 12.6 Å². The van der Waals surface area contributed by atoms with Gasteiger partial charge in [-0.3, -0.25) is 0 Å². The van der Waals surface area contributed by atoms with Gasteiger partial charge in [-0.2, -0.15) is 0 Å². The second-order valence-electron chi connectivity index (χ2n) is 2.50. The highest BCUT2D eigenvalue weighted by molar-refractivity contribution is 4.71. The molecule has 1 saturated heterocycles. The number of rotatable bonds is 0. The summed E-state index contributed by atoms with van der Waals surface area (Å²) in [5.74, 6) is 0.656. The van der Waals surface area contributed by atoms with Gasteiger partial charge in [0.05, 0.1) is 6.61 Å². The van der Waals surface area contributed by atoms with Crippen molar-refractivity contribution in [2.45, 2.75) is 33.2 Å². The van der Waals surface area contributed by atoms with E-state index in [1.807, 2.05) is 13.8 Å². The van der Waals surface area contributed by atoms with Crippen molar-refractivity contribution in [1.82, 2.24) is 0 Å². The third-order valence-corrected chi connectivity index (χ3v) is 1.76. The van der Waals surface area contributed by atoms with Crippen molar-refractivity contribution in [3.63, 3.8) is 0 Å². The first-order valence-electron chi connectivity index (χ1n) is 4.14. The van der Waals surface area contributed by atoms with Crippen molar-refractivity contribution in [1.29, 1.82) is 0 Å². The summed E-state index contributed by atoms with van der Waals surface area (Å²) in [5.41, 5.74) is 5.65. The molecule has 1 aliphatic heterocycles. The Morgan fingerprint density at radius 1 is 1.40 bits per heavy atom. The first-order chi connectivity index (χ1) is 4.80. The summed E-state index contributed by atoms with van der Waals surface area (Å²) >= 11 is 0. The van der Waals surface area contributed by atoms with Gasteiger partial charge in [0.2, 0.25) is 0 Å². The Labute approximate surface area is 63.7 Å². The second-order valence-corrected chi connectivity index (χ2v) is 2.50. The molecule has 0 saturated carbocycles. The summed E-state index contributed by atoms with van der Waals surface area (Å²) in [6.45, 7) is 7.82. The van der Waals surface area contributed by atoms with Crippen molar-refractivity contribution in [3.8, 4) is 0 Å². The Bertz CT molecular complexity index is 65.7. The van der Waals surface area contributed by atoms with Crippen molar-refractivity contribution >= 4 is 0 Å². The van der Waals surface area contributed by atoms with E-state index < -0.39 is 0 Å². The Kier molecular flexibility index (Phi) is 5.64. The van der Waals surface area contributed by atoms with Gasteiger partial charge in [0.25, 0.3) is 0 Å². The van der Waals surface area contributed by atoms with Gasteiger partial charge in [-0.1, -0.05) is 20.8 Å². The molecule has 0 aromatic heterocycles. The second kappa shape index (κ2) is 5.69. The maximum Gasteiger partial charge on any atom is 0.0620 e. The number of hydrogen-bond donors (Lipinski definition) is 1. The lowest BCUT2D eigenvalue weighted by Crippen LogP contribution is -2.37. The number of hydrogen-bond acceptors (Lipinski definition) is 2. The highest BCUT2D eigenvalue weighted by Crippen LogP contribution is 2.11. The molecule has 0 radical (unpaired) electrons. The summed E-state index contributed by atoms with van der Waals surface area (Å²) < 4.78 is 5.13. The molecular weight excluding hydrogens is 126 g/mol. The van der Waals surface area contributed by atoms with E-state index in [-0.39, 0.29) is 6.04 Å². The summed E-state index contributed by atoms with van der Waals surface area (Å²) in [5, 5.41) is 0. The molecule has 10 heavy (non-hydrogen) atoms. The molecule has 0 aromatic carbocycles. The first-order valence-corrected chi connectivity index (χ1v) is 4.14. The first kappa shape index (κ1) is 9.92. The quantitative estimate of drug-likeness (QED) is 0.559. The predicted molar refractivity (Wildman–Crippen MR) is 43.9 cm³/mol. The van der Waals surface area contributed by atoms with Crippen LogP contribution in [-0.4, -0.2) is 19.3 Å². The standard InChI is InChI=1S/C6H13NO.C2H6/c1-5-2-3-8-4-6(5)7;1-2/h5-6H,2-4,7H2,1H3;1-2H3. The molecule has 62 valence electrons. The van der Waals surface area contributed by atoms with Gasteiger partial charge in [-0.05, 0) is 12.3 Å². The summed E-state index contributed by atoms with van der Waals surface area (Å²) in [6, 6.07) is 0.281. The summed E-state index contributed by atoms with van der Waals surface area (Å²) in [4.78, 5) is 0. The molecule has 0 aromatic rings. The zero-order valence-electron chi connectivity index (χ0n) is 7.26. The highest BCUT2D eigenvalue weighted by atomic mass is 16.5. The van der Waals surface area contributed by atoms with Crippen LogP contribution in [0.25, 0.3) is 0 Å². The maximum absolute atomic E-state index is 5.65. The van der Waals surface area contributed by atoms with Crippen molar-refractivity contribution in [2.24, 2.45) is 11.7 Å². The molecule has 2 nitrogen and oxygen atoms in total. The van der Waals surface area contributed by atoms with E-state index in [0.717, 1.165) is 19.6 Å². The predicted octanol–water partition coefficient (Wildman–Crippen LogP) is 1.40. The smallest absolute Gasteiger partial charge is 0.0620 e. The molecule has 1 rings (SSSR count). The van der Waals surface area contributed by atoms with Gasteiger partial charge in [0.15, 0.2) is 0 Å². The monoisotopic (exact) mass is 145 g/mol. The van der Waals surface area contributed by atoms with Crippen LogP contribution in [0.5, 0.6) is 0 Å². The van der Waals surface area contributed by atoms with Crippen molar-refractivity contribution in [2.75, 3.05) is 13.2 Å². The average molecular weight is 145 g/mol. The van der Waals surface area contributed by atoms with Gasteiger partial charge in [-0.15, -0.1) is 0 Å². The summed E-state index contributed by atoms with van der Waals surface area (Å²) in [6.07, 6.45) is 1.13. The minimum Gasteiger partial charge on any atom is -0.380 e. The average Bonchev–Trinajstić information content (AvgIpc) is 2.00. The van der Waals surface area contributed by atoms with Gasteiger partial charge in [-0.25, -0.2) is 0 Å². The Balaban J connectivity index is 0.000000371. The Hall–Kier alpha value is -0.0800. The van der Waals surface area contributed by atoms with E-state index in [4.69, 9.17) is 10.5 Å². The third-order valence-electron chi connectivity index (χ3n) is 1.76. The molecule has 1 heterocycles. The topological polar surface area (TPSA) is 35.2 Å². The molecule has 2 unspecified atom stereocenters. The minimum absolute atomic E-state index is 0.281. The van der Waals surface area contributed by atoms with Crippen molar-refractivity contribution in [3.05, 3.63) is 0 Å². The van der Waals surface area contributed by atoms with Gasteiger partial charge in [0.1, 0.15) is 0 Å². The zero-order chi connectivity index (χ0) is 7.98. The third kappa shape index (κ3) is 3.18. The van der Waals surface area contributed by atoms with Gasteiger partial charge >= 0.3 is 0 Å². The van der Waals surface area contributed by atoms with Crippen LogP contribution in [0.4, 0.5) is 0 Å². The minimum atomic E-state index is 0.281. The molecule has 2 N–H and O–H groups in total. The molecule has 1 fully saturated rings. The Morgan fingerprint density at radius 3 is 2.30 bits per heavy atom. The van der Waals surface area contributed by atoms with Crippen LogP contribution in [0.15, 0.2) is 0 Å². The Morgan fingerprint density at radius 2 is 2.00 bits per heavy atom. The molecule has 0 bridgehead atoms. The van der Waals surface area contributed by atoms with E-state index >= 15 is 0 Å². The highest BCUT2D eigenvalue weighted by Gasteiger charge is 2.16. The van der Waals surface area contributed by atoms with Crippen LogP contribution in [0.1, 0.15) is 27.2 Å². The van der Waals surface area contributed by atoms with E-state index in [1.165, 1.54) is 0 Å². The van der Waals surface area contributed by atoms with E-state index in [9.17, 15) is 0 Å².